The summed E-state index contributed by atoms with van der Waals surface area (Å²) in [5, 5.41) is 12.4. The second-order valence-electron chi connectivity index (χ2n) is 12.2. The van der Waals surface area contributed by atoms with Crippen LogP contribution in [0.3, 0.4) is 0 Å². The van der Waals surface area contributed by atoms with Crippen LogP contribution in [0, 0.1) is 11.6 Å². The number of amides is 3. The van der Waals surface area contributed by atoms with E-state index in [-0.39, 0.29) is 34.3 Å². The molecule has 0 aliphatic carbocycles. The molecule has 0 radical (unpaired) electrons. The second kappa shape index (κ2) is 14.5. The van der Waals surface area contributed by atoms with Crippen LogP contribution in [0.5, 0.6) is 11.5 Å². The molecule has 0 bridgehead atoms. The van der Waals surface area contributed by atoms with E-state index < -0.39 is 40.0 Å². The van der Waals surface area contributed by atoms with Crippen molar-refractivity contribution in [2.24, 2.45) is 5.73 Å². The number of piperidine rings is 1. The standard InChI is InChI=1S/C35H36F2N4O6S/c1-41(22-25-7-11-26(36)12-8-25)19-3-5-29(23-41)40(34(43)33(38)20-24-9-15-30(42)16-10-24)35(44)39-28-13-17-31(18-14-28)47-48(45,46)32-6-2-4-27(37)21-32/h2,4,6-18,21,29,33H,3,5,19-20,22-23,38H2,1H3,(H-,39,42,44)/p+1/t29-,33-,41?/m0/s1. The van der Waals surface area contributed by atoms with Crippen LogP contribution in [0.1, 0.15) is 24.0 Å². The third kappa shape index (κ3) is 8.73. The highest BCUT2D eigenvalue weighted by Crippen LogP contribution is 2.27. The van der Waals surface area contributed by atoms with E-state index in [0.717, 1.165) is 30.7 Å². The Morgan fingerprint density at radius 1 is 0.979 bits per heavy atom. The summed E-state index contributed by atoms with van der Waals surface area (Å²) < 4.78 is 58.0. The molecule has 1 aliphatic heterocycles. The lowest BCUT2D eigenvalue weighted by atomic mass is 9.98. The number of anilines is 1. The number of likely N-dealkylation sites (tertiary alicyclic amines) is 1. The number of nitrogens with two attached hydrogens (primary N) is 1. The monoisotopic (exact) mass is 679 g/mol. The summed E-state index contributed by atoms with van der Waals surface area (Å²) in [5.74, 6) is -1.64. The van der Waals surface area contributed by atoms with Crippen molar-refractivity contribution in [3.8, 4) is 11.5 Å². The number of carbonyl (C=O) groups excluding carboxylic acids is 2. The van der Waals surface area contributed by atoms with Gasteiger partial charge in [-0.2, -0.15) is 8.42 Å². The summed E-state index contributed by atoms with van der Waals surface area (Å²) in [5.41, 5.74) is 8.29. The van der Waals surface area contributed by atoms with Crippen molar-refractivity contribution in [2.45, 2.75) is 42.8 Å². The number of rotatable bonds is 10. The number of benzene rings is 4. The van der Waals surface area contributed by atoms with Crippen molar-refractivity contribution >= 4 is 27.7 Å². The number of urea groups is 1. The highest BCUT2D eigenvalue weighted by molar-refractivity contribution is 7.87. The van der Waals surface area contributed by atoms with Gasteiger partial charge in [-0.15, -0.1) is 0 Å². The summed E-state index contributed by atoms with van der Waals surface area (Å²) in [6.07, 6.45) is 1.40. The Labute approximate surface area is 278 Å². The molecule has 1 saturated heterocycles. The number of phenolic OH excluding ortho intramolecular Hbond substituents is 1. The molecule has 4 aromatic rings. The topological polar surface area (TPSA) is 139 Å². The van der Waals surface area contributed by atoms with Gasteiger partial charge in [-0.3, -0.25) is 9.69 Å². The minimum atomic E-state index is -4.31. The van der Waals surface area contributed by atoms with Gasteiger partial charge in [0.05, 0.1) is 25.7 Å². The minimum absolute atomic E-state index is 0.0674. The molecule has 0 saturated carbocycles. The van der Waals surface area contributed by atoms with Crippen molar-refractivity contribution in [1.82, 2.24) is 4.90 Å². The Morgan fingerprint density at radius 2 is 1.65 bits per heavy atom. The molecule has 0 spiro atoms. The highest BCUT2D eigenvalue weighted by Gasteiger charge is 2.41. The van der Waals surface area contributed by atoms with Crippen LogP contribution < -0.4 is 15.2 Å². The predicted molar refractivity (Wildman–Crippen MR) is 175 cm³/mol. The fraction of sp³-hybridized carbons (Fsp3) is 0.257. The minimum Gasteiger partial charge on any atom is -0.508 e. The van der Waals surface area contributed by atoms with E-state index in [1.54, 1.807) is 24.3 Å². The molecule has 1 fully saturated rings. The molecule has 10 nitrogen and oxygen atoms in total. The number of likely N-dealkylation sites (N-methyl/N-ethyl adjacent to an activating group) is 1. The molecule has 5 rings (SSSR count). The van der Waals surface area contributed by atoms with Crippen molar-refractivity contribution in [3.05, 3.63) is 120 Å². The van der Waals surface area contributed by atoms with Crippen LogP contribution in [0.25, 0.3) is 0 Å². The molecule has 1 heterocycles. The zero-order chi connectivity index (χ0) is 34.5. The molecular formula is C35H37F2N4O6S+. The predicted octanol–water partition coefficient (Wildman–Crippen LogP) is 5.18. The smallest absolute Gasteiger partial charge is 0.339 e. The number of aromatic hydroxyl groups is 1. The van der Waals surface area contributed by atoms with E-state index in [1.807, 2.05) is 7.05 Å². The number of hydrogen-bond acceptors (Lipinski definition) is 7. The van der Waals surface area contributed by atoms with Gasteiger partial charge in [-0.05, 0) is 91.6 Å². The average Bonchev–Trinajstić information content (AvgIpc) is 3.04. The van der Waals surface area contributed by atoms with E-state index in [0.29, 0.717) is 29.6 Å². The van der Waals surface area contributed by atoms with Crippen molar-refractivity contribution in [3.63, 3.8) is 0 Å². The molecule has 3 atom stereocenters. The quantitative estimate of drug-likeness (QED) is 0.155. The lowest BCUT2D eigenvalue weighted by molar-refractivity contribution is -0.928. The van der Waals surface area contributed by atoms with Gasteiger partial charge in [-0.1, -0.05) is 30.3 Å². The Hall–Kier alpha value is -4.85. The largest absolute Gasteiger partial charge is 0.508 e. The van der Waals surface area contributed by atoms with Crippen molar-refractivity contribution in [1.29, 1.82) is 0 Å². The molecule has 1 unspecified atom stereocenters. The zero-order valence-electron chi connectivity index (χ0n) is 26.3. The molecular weight excluding hydrogens is 642 g/mol. The summed E-state index contributed by atoms with van der Waals surface area (Å²) in [6.45, 7) is 1.80. The van der Waals surface area contributed by atoms with Crippen LogP contribution in [-0.2, 0) is 27.9 Å². The first-order valence-corrected chi connectivity index (χ1v) is 16.8. The number of halogens is 2. The third-order valence-corrected chi connectivity index (χ3v) is 9.53. The second-order valence-corrected chi connectivity index (χ2v) is 13.8. The zero-order valence-corrected chi connectivity index (χ0v) is 27.1. The lowest BCUT2D eigenvalue weighted by Gasteiger charge is -2.44. The number of nitrogens with zero attached hydrogens (tertiary/aromatic N) is 2. The van der Waals surface area contributed by atoms with Gasteiger partial charge in [0.25, 0.3) is 0 Å². The van der Waals surface area contributed by atoms with Gasteiger partial charge in [0.15, 0.2) is 0 Å². The third-order valence-electron chi connectivity index (χ3n) is 8.29. The molecule has 252 valence electrons. The maximum Gasteiger partial charge on any atom is 0.339 e. The average molecular weight is 680 g/mol. The van der Waals surface area contributed by atoms with Gasteiger partial charge >= 0.3 is 16.1 Å². The fourth-order valence-electron chi connectivity index (χ4n) is 5.96. The maximum atomic E-state index is 14.0. The van der Waals surface area contributed by atoms with Gasteiger partial charge in [-0.25, -0.2) is 13.6 Å². The number of phenols is 1. The number of imide groups is 1. The maximum absolute atomic E-state index is 14.0. The van der Waals surface area contributed by atoms with E-state index in [9.17, 15) is 31.9 Å². The Morgan fingerprint density at radius 3 is 2.31 bits per heavy atom. The number of hydrogen-bond donors (Lipinski definition) is 3. The number of nitrogens with one attached hydrogen (secondary N) is 1. The molecule has 3 amide bonds. The molecule has 13 heteroatoms. The lowest BCUT2D eigenvalue weighted by Crippen LogP contribution is -2.62. The normalized spacial score (nSPS) is 18.5. The Bertz CT molecular complexity index is 1860. The summed E-state index contributed by atoms with van der Waals surface area (Å²) >= 11 is 0. The SMILES string of the molecule is C[N+]1(Cc2ccc(F)cc2)CCC[C@H](N(C(=O)Nc2ccc(OS(=O)(=O)c3cccc(F)c3)cc2)C(=O)[C@@H](N)Cc2ccc(O)cc2)C1. The van der Waals surface area contributed by atoms with E-state index in [2.05, 4.69) is 5.32 Å². The first-order chi connectivity index (χ1) is 22.8. The Balaban J connectivity index is 1.35. The molecule has 4 aromatic carbocycles. The molecule has 1 aliphatic rings. The first-order valence-electron chi connectivity index (χ1n) is 15.4. The van der Waals surface area contributed by atoms with Crippen LogP contribution >= 0.6 is 0 Å². The van der Waals surface area contributed by atoms with E-state index in [4.69, 9.17) is 9.92 Å². The highest BCUT2D eigenvalue weighted by atomic mass is 32.2. The van der Waals surface area contributed by atoms with Gasteiger partial charge in [0.2, 0.25) is 5.91 Å². The van der Waals surface area contributed by atoms with Crippen molar-refractivity contribution < 1.29 is 40.6 Å². The first kappa shape index (κ1) is 34.5. The summed E-state index contributed by atoms with van der Waals surface area (Å²) in [7, 11) is -2.28. The van der Waals surface area contributed by atoms with Crippen LogP contribution in [0.15, 0.2) is 102 Å². The molecule has 0 aromatic heterocycles. The van der Waals surface area contributed by atoms with E-state index in [1.165, 1.54) is 65.6 Å². The molecule has 4 N–H and O–H groups in total. The summed E-state index contributed by atoms with van der Waals surface area (Å²) in [4.78, 5) is 28.7. The Kier molecular flexibility index (Phi) is 10.4. The van der Waals surface area contributed by atoms with Gasteiger partial charge in [0.1, 0.15) is 41.1 Å². The number of quaternary nitrogens is 1. The number of carbonyl (C=O) groups is 2. The fourth-order valence-corrected chi connectivity index (χ4v) is 6.92. The summed E-state index contributed by atoms with van der Waals surface area (Å²) in [6, 6.07) is 20.2. The van der Waals surface area contributed by atoms with Crippen molar-refractivity contribution in [2.75, 3.05) is 25.5 Å². The van der Waals surface area contributed by atoms with Crippen LogP contribution in [0.4, 0.5) is 19.3 Å². The van der Waals surface area contributed by atoms with Gasteiger partial charge in [0, 0.05) is 11.3 Å². The van der Waals surface area contributed by atoms with Crippen LogP contribution in [-0.4, -0.2) is 67.1 Å². The van der Waals surface area contributed by atoms with E-state index >= 15 is 0 Å². The van der Waals surface area contributed by atoms with Crippen LogP contribution in [0.2, 0.25) is 0 Å². The molecule has 48 heavy (non-hydrogen) atoms. The van der Waals surface area contributed by atoms with Gasteiger partial charge < -0.3 is 24.8 Å².